The van der Waals surface area contributed by atoms with Gasteiger partial charge in [-0.05, 0) is 19.8 Å². The third-order valence-corrected chi connectivity index (χ3v) is 4.43. The molecule has 1 saturated heterocycles. The Balaban J connectivity index is 1.64. The fourth-order valence-electron chi connectivity index (χ4n) is 3.24. The summed E-state index contributed by atoms with van der Waals surface area (Å²) in [6, 6.07) is 0.0742. The molecule has 0 saturated carbocycles. The molecule has 1 fully saturated rings. The van der Waals surface area contributed by atoms with Crippen LogP contribution in [0.2, 0.25) is 0 Å². The zero-order valence-electron chi connectivity index (χ0n) is 14.8. The van der Waals surface area contributed by atoms with E-state index in [0.29, 0.717) is 24.6 Å². The van der Waals surface area contributed by atoms with Gasteiger partial charge < -0.3 is 13.9 Å². The third kappa shape index (κ3) is 3.34. The van der Waals surface area contributed by atoms with Gasteiger partial charge in [0, 0.05) is 38.5 Å². The van der Waals surface area contributed by atoms with Crippen molar-refractivity contribution in [1.29, 1.82) is 0 Å². The highest BCUT2D eigenvalue weighted by Gasteiger charge is 2.32. The molecule has 0 aromatic carbocycles. The van der Waals surface area contributed by atoms with Crippen molar-refractivity contribution in [2.75, 3.05) is 6.54 Å². The van der Waals surface area contributed by atoms with E-state index in [4.69, 9.17) is 4.42 Å². The minimum Gasteiger partial charge on any atom is -0.425 e. The molecule has 0 bridgehead atoms. The molecule has 2 aromatic heterocycles. The molecule has 7 heteroatoms. The summed E-state index contributed by atoms with van der Waals surface area (Å²) >= 11 is 0. The van der Waals surface area contributed by atoms with E-state index < -0.39 is 0 Å². The first-order chi connectivity index (χ1) is 11.5. The van der Waals surface area contributed by atoms with Crippen molar-refractivity contribution in [3.8, 4) is 0 Å². The number of aromatic nitrogens is 4. The lowest BCUT2D eigenvalue weighted by Crippen LogP contribution is -2.32. The van der Waals surface area contributed by atoms with Crippen LogP contribution in [0.1, 0.15) is 68.4 Å². The Morgan fingerprint density at radius 1 is 1.42 bits per heavy atom. The van der Waals surface area contributed by atoms with E-state index >= 15 is 0 Å². The van der Waals surface area contributed by atoms with E-state index in [1.54, 1.807) is 0 Å². The summed E-state index contributed by atoms with van der Waals surface area (Å²) in [6.45, 7) is 6.78. The Bertz CT molecular complexity index is 718. The first-order valence-electron chi connectivity index (χ1n) is 8.57. The number of carbonyl (C=O) groups excluding carboxylic acids is 1. The molecule has 0 N–H and O–H groups in total. The van der Waals surface area contributed by atoms with E-state index in [2.05, 4.69) is 15.2 Å². The van der Waals surface area contributed by atoms with Gasteiger partial charge in [-0.3, -0.25) is 4.79 Å². The number of nitrogens with zero attached hydrogens (tertiary/aromatic N) is 5. The number of hydrogen-bond acceptors (Lipinski definition) is 5. The Morgan fingerprint density at radius 2 is 2.21 bits per heavy atom. The van der Waals surface area contributed by atoms with E-state index in [-0.39, 0.29) is 17.9 Å². The van der Waals surface area contributed by atoms with Crippen molar-refractivity contribution in [3.05, 3.63) is 29.5 Å². The highest BCUT2D eigenvalue weighted by molar-refractivity contribution is 5.77. The lowest BCUT2D eigenvalue weighted by molar-refractivity contribution is -0.132. The number of carbonyl (C=O) groups is 1. The van der Waals surface area contributed by atoms with E-state index in [1.165, 1.54) is 0 Å². The largest absolute Gasteiger partial charge is 0.425 e. The lowest BCUT2D eigenvalue weighted by atomic mass is 10.2. The van der Waals surface area contributed by atoms with Gasteiger partial charge in [-0.15, -0.1) is 10.2 Å². The SMILES string of the molecule is Cc1cn(C)c([C@H]2CCCN2C(=O)CCc2nnc(C(C)C)o2)n1. The monoisotopic (exact) mass is 331 g/mol. The number of aryl methyl sites for hydroxylation is 3. The molecule has 0 unspecified atom stereocenters. The van der Waals surface area contributed by atoms with Crippen LogP contribution in [0, 0.1) is 6.92 Å². The number of hydrogen-bond donors (Lipinski definition) is 0. The normalized spacial score (nSPS) is 17.9. The molecule has 0 spiro atoms. The summed E-state index contributed by atoms with van der Waals surface area (Å²) in [5.74, 6) is 2.47. The molecule has 1 aliphatic rings. The highest BCUT2D eigenvalue weighted by Crippen LogP contribution is 2.31. The molecular weight excluding hydrogens is 306 g/mol. The second-order valence-electron chi connectivity index (χ2n) is 6.79. The van der Waals surface area contributed by atoms with E-state index in [1.807, 2.05) is 43.5 Å². The fraction of sp³-hybridized carbons (Fsp3) is 0.647. The molecule has 1 atom stereocenters. The van der Waals surface area contributed by atoms with Gasteiger partial charge in [0.25, 0.3) is 0 Å². The van der Waals surface area contributed by atoms with Crippen LogP contribution in [0.3, 0.4) is 0 Å². The highest BCUT2D eigenvalue weighted by atomic mass is 16.4. The molecule has 3 rings (SSSR count). The fourth-order valence-corrected chi connectivity index (χ4v) is 3.24. The third-order valence-electron chi connectivity index (χ3n) is 4.43. The van der Waals surface area contributed by atoms with Crippen LogP contribution in [-0.2, 0) is 18.3 Å². The van der Waals surface area contributed by atoms with Crippen molar-refractivity contribution in [2.24, 2.45) is 7.05 Å². The maximum absolute atomic E-state index is 12.7. The van der Waals surface area contributed by atoms with Crippen LogP contribution in [0.5, 0.6) is 0 Å². The summed E-state index contributed by atoms with van der Waals surface area (Å²) in [4.78, 5) is 19.2. The van der Waals surface area contributed by atoms with Gasteiger partial charge in [0.15, 0.2) is 0 Å². The minimum atomic E-state index is 0.0742. The van der Waals surface area contributed by atoms with Gasteiger partial charge >= 0.3 is 0 Å². The van der Waals surface area contributed by atoms with Crippen LogP contribution in [-0.4, -0.2) is 37.1 Å². The topological polar surface area (TPSA) is 77.0 Å². The predicted octanol–water partition coefficient (Wildman–Crippen LogP) is 2.53. The average molecular weight is 331 g/mol. The Morgan fingerprint density at radius 3 is 2.83 bits per heavy atom. The van der Waals surface area contributed by atoms with Crippen molar-refractivity contribution in [2.45, 2.75) is 58.4 Å². The van der Waals surface area contributed by atoms with Crippen molar-refractivity contribution in [1.82, 2.24) is 24.6 Å². The summed E-state index contributed by atoms with van der Waals surface area (Å²) in [5, 5.41) is 8.04. The van der Waals surface area contributed by atoms with E-state index in [9.17, 15) is 4.79 Å². The average Bonchev–Trinajstić information content (AvgIpc) is 3.23. The maximum atomic E-state index is 12.7. The van der Waals surface area contributed by atoms with Crippen LogP contribution >= 0.6 is 0 Å². The van der Waals surface area contributed by atoms with Crippen LogP contribution in [0.15, 0.2) is 10.6 Å². The predicted molar refractivity (Wildman–Crippen MR) is 88.3 cm³/mol. The number of amides is 1. The first kappa shape index (κ1) is 16.7. The van der Waals surface area contributed by atoms with Gasteiger partial charge in [-0.2, -0.15) is 0 Å². The quantitative estimate of drug-likeness (QED) is 0.841. The zero-order valence-corrected chi connectivity index (χ0v) is 14.8. The van der Waals surface area contributed by atoms with Crippen LogP contribution in [0.4, 0.5) is 0 Å². The first-order valence-corrected chi connectivity index (χ1v) is 8.57. The van der Waals surface area contributed by atoms with Crippen molar-refractivity contribution in [3.63, 3.8) is 0 Å². The smallest absolute Gasteiger partial charge is 0.223 e. The Kier molecular flexibility index (Phi) is 4.69. The molecular formula is C17H25N5O2. The lowest BCUT2D eigenvalue weighted by Gasteiger charge is -2.24. The molecule has 24 heavy (non-hydrogen) atoms. The Hall–Kier alpha value is -2.18. The molecule has 1 amide bonds. The van der Waals surface area contributed by atoms with Gasteiger partial charge in [0.2, 0.25) is 17.7 Å². The summed E-state index contributed by atoms with van der Waals surface area (Å²) in [6.07, 6.45) is 4.86. The summed E-state index contributed by atoms with van der Waals surface area (Å²) in [7, 11) is 1.99. The summed E-state index contributed by atoms with van der Waals surface area (Å²) in [5.41, 5.74) is 0.985. The number of imidazole rings is 1. The minimum absolute atomic E-state index is 0.0742. The molecule has 1 aliphatic heterocycles. The summed E-state index contributed by atoms with van der Waals surface area (Å²) < 4.78 is 7.61. The van der Waals surface area contributed by atoms with Crippen molar-refractivity contribution < 1.29 is 9.21 Å². The molecule has 0 aliphatic carbocycles. The zero-order chi connectivity index (χ0) is 17.3. The maximum Gasteiger partial charge on any atom is 0.223 e. The van der Waals surface area contributed by atoms with E-state index in [0.717, 1.165) is 30.9 Å². The standard InChI is InChI=1S/C17H25N5O2/c1-11(2)17-20-19-14(24-17)7-8-15(23)22-9-5-6-13(22)16-18-12(3)10-21(16)4/h10-11,13H,5-9H2,1-4H3/t13-/m1/s1. The van der Waals surface area contributed by atoms with Gasteiger partial charge in [-0.25, -0.2) is 4.98 Å². The molecule has 0 radical (unpaired) electrons. The second-order valence-corrected chi connectivity index (χ2v) is 6.79. The van der Waals surface area contributed by atoms with Gasteiger partial charge in [-0.1, -0.05) is 13.8 Å². The van der Waals surface area contributed by atoms with Crippen LogP contribution in [0.25, 0.3) is 0 Å². The molecule has 2 aromatic rings. The molecule has 7 nitrogen and oxygen atoms in total. The van der Waals surface area contributed by atoms with Gasteiger partial charge in [0.05, 0.1) is 11.7 Å². The number of rotatable bonds is 5. The second kappa shape index (κ2) is 6.75. The van der Waals surface area contributed by atoms with Gasteiger partial charge in [0.1, 0.15) is 5.82 Å². The van der Waals surface area contributed by atoms with Crippen molar-refractivity contribution >= 4 is 5.91 Å². The Labute approximate surface area is 142 Å². The molecule has 3 heterocycles. The molecule has 130 valence electrons. The number of likely N-dealkylation sites (tertiary alicyclic amines) is 1. The van der Waals surface area contributed by atoms with Crippen LogP contribution < -0.4 is 0 Å².